The third-order valence-electron chi connectivity index (χ3n) is 3.66. The molecule has 4 heteroatoms. The monoisotopic (exact) mass is 283 g/mol. The first-order valence-corrected chi connectivity index (χ1v) is 7.10. The molecule has 1 atom stereocenters. The largest absolute Gasteiger partial charge is 0.497 e. The van der Waals surface area contributed by atoms with Crippen LogP contribution in [0.3, 0.4) is 0 Å². The van der Waals surface area contributed by atoms with E-state index in [4.69, 9.17) is 10.00 Å². The van der Waals surface area contributed by atoms with Gasteiger partial charge in [0.25, 0.3) is 0 Å². The fourth-order valence-corrected chi connectivity index (χ4v) is 2.42. The maximum absolute atomic E-state index is 8.98. The third-order valence-corrected chi connectivity index (χ3v) is 3.66. The maximum atomic E-state index is 8.98. The Morgan fingerprint density at radius 3 is 2.57 bits per heavy atom. The summed E-state index contributed by atoms with van der Waals surface area (Å²) in [6.07, 6.45) is 3.00. The second-order valence-corrected chi connectivity index (χ2v) is 5.07. The van der Waals surface area contributed by atoms with Crippen LogP contribution < -0.4 is 10.1 Å². The lowest BCUT2D eigenvalue weighted by molar-refractivity contribution is 0.414. The summed E-state index contributed by atoms with van der Waals surface area (Å²) in [5.41, 5.74) is 3.06. The van der Waals surface area contributed by atoms with Gasteiger partial charge in [0.1, 0.15) is 17.5 Å². The Kier molecular flexibility index (Phi) is 5.02. The molecule has 2 aromatic rings. The van der Waals surface area contributed by atoms with Crippen molar-refractivity contribution in [2.24, 2.45) is 7.05 Å². The molecule has 0 saturated carbocycles. The van der Waals surface area contributed by atoms with Gasteiger partial charge in [-0.1, -0.05) is 19.1 Å². The second-order valence-electron chi connectivity index (χ2n) is 5.07. The summed E-state index contributed by atoms with van der Waals surface area (Å²) >= 11 is 0. The molecule has 1 unspecified atom stereocenters. The molecular weight excluding hydrogens is 262 g/mol. The predicted molar refractivity (Wildman–Crippen MR) is 83.0 cm³/mol. The highest BCUT2D eigenvalue weighted by Gasteiger charge is 2.10. The summed E-state index contributed by atoms with van der Waals surface area (Å²) in [5.74, 6) is 0.871. The van der Waals surface area contributed by atoms with E-state index < -0.39 is 0 Å². The van der Waals surface area contributed by atoms with Crippen LogP contribution in [0, 0.1) is 11.3 Å². The minimum Gasteiger partial charge on any atom is -0.497 e. The maximum Gasteiger partial charge on any atom is 0.120 e. The zero-order chi connectivity index (χ0) is 15.2. The van der Waals surface area contributed by atoms with Crippen LogP contribution in [0.2, 0.25) is 0 Å². The Morgan fingerprint density at radius 1 is 1.33 bits per heavy atom. The van der Waals surface area contributed by atoms with Crippen LogP contribution in [0.4, 0.5) is 0 Å². The summed E-state index contributed by atoms with van der Waals surface area (Å²) in [5, 5.41) is 12.5. The molecule has 0 radical (unpaired) electrons. The van der Waals surface area contributed by atoms with Crippen molar-refractivity contribution in [1.29, 1.82) is 5.26 Å². The van der Waals surface area contributed by atoms with Crippen LogP contribution in [0.5, 0.6) is 5.75 Å². The first kappa shape index (κ1) is 15.1. The van der Waals surface area contributed by atoms with Crippen molar-refractivity contribution in [2.75, 3.05) is 7.11 Å². The van der Waals surface area contributed by atoms with Crippen LogP contribution in [-0.4, -0.2) is 11.7 Å². The molecule has 1 N–H and O–H groups in total. The van der Waals surface area contributed by atoms with Gasteiger partial charge in [-0.05, 0) is 35.7 Å². The van der Waals surface area contributed by atoms with E-state index in [0.717, 1.165) is 24.3 Å². The minimum atomic E-state index is 0.293. The van der Waals surface area contributed by atoms with Gasteiger partial charge in [-0.15, -0.1) is 0 Å². The van der Waals surface area contributed by atoms with Crippen LogP contribution in [0.1, 0.15) is 36.2 Å². The number of nitriles is 1. The summed E-state index contributed by atoms with van der Waals surface area (Å²) in [6.45, 7) is 2.91. The Bertz CT molecular complexity index is 622. The fraction of sp³-hybridized carbons (Fsp3) is 0.353. The van der Waals surface area contributed by atoms with Crippen molar-refractivity contribution in [2.45, 2.75) is 25.9 Å². The van der Waals surface area contributed by atoms with Gasteiger partial charge >= 0.3 is 0 Å². The van der Waals surface area contributed by atoms with Crippen molar-refractivity contribution >= 4 is 0 Å². The van der Waals surface area contributed by atoms with Crippen molar-refractivity contribution < 1.29 is 4.74 Å². The van der Waals surface area contributed by atoms with E-state index in [2.05, 4.69) is 30.4 Å². The highest BCUT2D eigenvalue weighted by molar-refractivity contribution is 5.30. The predicted octanol–water partition coefficient (Wildman–Crippen LogP) is 3.15. The highest BCUT2D eigenvalue weighted by atomic mass is 16.5. The van der Waals surface area contributed by atoms with E-state index in [0.29, 0.717) is 11.7 Å². The van der Waals surface area contributed by atoms with Gasteiger partial charge in [-0.25, -0.2) is 0 Å². The molecule has 4 nitrogen and oxygen atoms in total. The van der Waals surface area contributed by atoms with E-state index in [9.17, 15) is 0 Å². The van der Waals surface area contributed by atoms with Crippen LogP contribution in [0.15, 0.2) is 36.5 Å². The first-order valence-electron chi connectivity index (χ1n) is 7.10. The van der Waals surface area contributed by atoms with E-state index in [1.165, 1.54) is 5.56 Å². The topological polar surface area (TPSA) is 50.0 Å². The number of hydrogen-bond acceptors (Lipinski definition) is 3. The standard InChI is InChI=1S/C17H21N3O/c1-4-17(14-5-7-16(21-3)8-6-14)19-11-13-9-15(10-18)20(2)12-13/h5-9,12,17,19H,4,11H2,1-3H3. The Labute approximate surface area is 126 Å². The summed E-state index contributed by atoms with van der Waals surface area (Å²) in [4.78, 5) is 0. The molecule has 0 fully saturated rings. The van der Waals surface area contributed by atoms with Crippen LogP contribution in [-0.2, 0) is 13.6 Å². The summed E-state index contributed by atoms with van der Waals surface area (Å²) in [7, 11) is 3.57. The Morgan fingerprint density at radius 2 is 2.05 bits per heavy atom. The molecule has 0 bridgehead atoms. The molecule has 0 aliphatic carbocycles. The van der Waals surface area contributed by atoms with Gasteiger partial charge in [-0.2, -0.15) is 5.26 Å². The number of aromatic nitrogens is 1. The molecule has 1 aromatic carbocycles. The van der Waals surface area contributed by atoms with E-state index in [-0.39, 0.29) is 0 Å². The zero-order valence-corrected chi connectivity index (χ0v) is 12.8. The zero-order valence-electron chi connectivity index (χ0n) is 12.8. The number of rotatable bonds is 6. The van der Waals surface area contributed by atoms with Gasteiger partial charge in [0.15, 0.2) is 0 Å². The molecule has 0 saturated heterocycles. The number of aryl methyl sites for hydroxylation is 1. The van der Waals surface area contributed by atoms with Crippen LogP contribution >= 0.6 is 0 Å². The van der Waals surface area contributed by atoms with Crippen molar-refractivity contribution in [3.05, 3.63) is 53.3 Å². The number of ether oxygens (including phenoxy) is 1. The molecule has 21 heavy (non-hydrogen) atoms. The molecule has 2 rings (SSSR count). The normalized spacial score (nSPS) is 11.9. The minimum absolute atomic E-state index is 0.293. The SMILES string of the molecule is CCC(NCc1cc(C#N)n(C)c1)c1ccc(OC)cc1. The van der Waals surface area contributed by atoms with E-state index >= 15 is 0 Å². The average molecular weight is 283 g/mol. The number of hydrogen-bond donors (Lipinski definition) is 1. The lowest BCUT2D eigenvalue weighted by Gasteiger charge is -2.17. The third kappa shape index (κ3) is 3.65. The first-order chi connectivity index (χ1) is 10.2. The second kappa shape index (κ2) is 6.96. The Balaban J connectivity index is 2.03. The van der Waals surface area contributed by atoms with Crippen molar-refractivity contribution in [3.63, 3.8) is 0 Å². The molecular formula is C17H21N3O. The number of benzene rings is 1. The van der Waals surface area contributed by atoms with Crippen molar-refractivity contribution in [1.82, 2.24) is 9.88 Å². The van der Waals surface area contributed by atoms with E-state index in [1.807, 2.05) is 36.0 Å². The average Bonchev–Trinajstić information content (AvgIpc) is 2.88. The van der Waals surface area contributed by atoms with E-state index in [1.54, 1.807) is 7.11 Å². The smallest absolute Gasteiger partial charge is 0.120 e. The van der Waals surface area contributed by atoms with Gasteiger partial charge in [-0.3, -0.25) is 0 Å². The molecule has 1 aromatic heterocycles. The van der Waals surface area contributed by atoms with Crippen LogP contribution in [0.25, 0.3) is 0 Å². The summed E-state index contributed by atoms with van der Waals surface area (Å²) in [6, 6.07) is 12.5. The van der Waals surface area contributed by atoms with Gasteiger partial charge in [0.05, 0.1) is 7.11 Å². The number of methoxy groups -OCH3 is 1. The highest BCUT2D eigenvalue weighted by Crippen LogP contribution is 2.20. The molecule has 0 amide bonds. The fourth-order valence-electron chi connectivity index (χ4n) is 2.42. The molecule has 1 heterocycles. The summed E-state index contributed by atoms with van der Waals surface area (Å²) < 4.78 is 7.04. The van der Waals surface area contributed by atoms with Crippen molar-refractivity contribution in [3.8, 4) is 11.8 Å². The van der Waals surface area contributed by atoms with Gasteiger partial charge in [0.2, 0.25) is 0 Å². The molecule has 0 spiro atoms. The molecule has 0 aliphatic heterocycles. The lowest BCUT2D eigenvalue weighted by Crippen LogP contribution is -2.20. The number of nitrogens with zero attached hydrogens (tertiary/aromatic N) is 2. The van der Waals surface area contributed by atoms with Gasteiger partial charge < -0.3 is 14.6 Å². The number of nitrogens with one attached hydrogen (secondary N) is 1. The molecule has 110 valence electrons. The van der Waals surface area contributed by atoms with Gasteiger partial charge in [0, 0.05) is 25.8 Å². The lowest BCUT2D eigenvalue weighted by atomic mass is 10.0. The Hall–Kier alpha value is -2.25. The molecule has 0 aliphatic rings. The quantitative estimate of drug-likeness (QED) is 0.886.